The van der Waals surface area contributed by atoms with Crippen molar-refractivity contribution in [1.82, 2.24) is 10.3 Å². The first kappa shape index (κ1) is 17.3. The number of amides is 1. The van der Waals surface area contributed by atoms with E-state index in [4.69, 9.17) is 13.9 Å². The molecule has 0 spiro atoms. The van der Waals surface area contributed by atoms with E-state index >= 15 is 0 Å². The SMILES string of the molecule is CCOc1ccc(C(C)NC(=O)c2coc(C3CC3)n2)cc1OCC. The molecule has 1 amide bonds. The molecule has 1 unspecified atom stereocenters. The van der Waals surface area contributed by atoms with Crippen LogP contribution >= 0.6 is 0 Å². The predicted octanol–water partition coefficient (Wildman–Crippen LogP) is 3.84. The molecule has 1 N–H and O–H groups in total. The van der Waals surface area contributed by atoms with Crippen LogP contribution in [0.25, 0.3) is 0 Å². The zero-order chi connectivity index (χ0) is 17.8. The fourth-order valence-electron chi connectivity index (χ4n) is 2.60. The normalized spacial score (nSPS) is 14.8. The molecule has 1 atom stereocenters. The number of rotatable bonds is 8. The quantitative estimate of drug-likeness (QED) is 0.787. The van der Waals surface area contributed by atoms with E-state index in [9.17, 15) is 4.79 Å². The highest BCUT2D eigenvalue weighted by atomic mass is 16.5. The summed E-state index contributed by atoms with van der Waals surface area (Å²) in [5.41, 5.74) is 1.26. The number of oxazole rings is 1. The Morgan fingerprint density at radius 3 is 2.68 bits per heavy atom. The van der Waals surface area contributed by atoms with Crippen molar-refractivity contribution in [2.24, 2.45) is 0 Å². The van der Waals surface area contributed by atoms with Crippen LogP contribution in [-0.2, 0) is 0 Å². The number of ether oxygens (including phenoxy) is 2. The first-order chi connectivity index (χ1) is 12.1. The zero-order valence-corrected chi connectivity index (χ0v) is 14.9. The molecule has 6 nitrogen and oxygen atoms in total. The minimum atomic E-state index is -0.241. The number of carbonyl (C=O) groups excluding carboxylic acids is 1. The highest BCUT2D eigenvalue weighted by Crippen LogP contribution is 2.39. The summed E-state index contributed by atoms with van der Waals surface area (Å²) in [6.07, 6.45) is 3.61. The van der Waals surface area contributed by atoms with Crippen LogP contribution in [0.1, 0.15) is 67.5 Å². The number of benzene rings is 1. The second kappa shape index (κ2) is 7.59. The summed E-state index contributed by atoms with van der Waals surface area (Å²) >= 11 is 0. The van der Waals surface area contributed by atoms with Crippen molar-refractivity contribution >= 4 is 5.91 Å². The van der Waals surface area contributed by atoms with Gasteiger partial charge in [-0.3, -0.25) is 4.79 Å². The molecule has 6 heteroatoms. The first-order valence-corrected chi connectivity index (χ1v) is 8.78. The van der Waals surface area contributed by atoms with Crippen molar-refractivity contribution in [2.45, 2.75) is 45.6 Å². The molecule has 1 aromatic heterocycles. The highest BCUT2D eigenvalue weighted by Gasteiger charge is 2.29. The second-order valence-corrected chi connectivity index (χ2v) is 6.11. The van der Waals surface area contributed by atoms with Crippen LogP contribution in [0.3, 0.4) is 0 Å². The molecule has 0 radical (unpaired) electrons. The molecule has 1 aromatic carbocycles. The van der Waals surface area contributed by atoms with Crippen molar-refractivity contribution in [3.05, 3.63) is 41.6 Å². The molecule has 3 rings (SSSR count). The van der Waals surface area contributed by atoms with E-state index in [2.05, 4.69) is 10.3 Å². The number of nitrogens with one attached hydrogen (secondary N) is 1. The first-order valence-electron chi connectivity index (χ1n) is 8.78. The van der Waals surface area contributed by atoms with Crippen LogP contribution in [0.4, 0.5) is 0 Å². The Morgan fingerprint density at radius 2 is 2.00 bits per heavy atom. The third kappa shape index (κ3) is 4.13. The van der Waals surface area contributed by atoms with Gasteiger partial charge in [-0.25, -0.2) is 4.98 Å². The van der Waals surface area contributed by atoms with Gasteiger partial charge in [0, 0.05) is 5.92 Å². The van der Waals surface area contributed by atoms with Crippen LogP contribution in [0.2, 0.25) is 0 Å². The summed E-state index contributed by atoms with van der Waals surface area (Å²) in [7, 11) is 0. The number of nitrogens with zero attached hydrogens (tertiary/aromatic N) is 1. The number of aromatic nitrogens is 1. The fourth-order valence-corrected chi connectivity index (χ4v) is 2.60. The van der Waals surface area contributed by atoms with Gasteiger partial charge in [0.1, 0.15) is 6.26 Å². The Balaban J connectivity index is 1.69. The molecule has 0 saturated heterocycles. The standard InChI is InChI=1S/C19H24N2O4/c1-4-23-16-9-8-14(10-17(16)24-5-2)12(3)20-18(22)15-11-25-19(21-15)13-6-7-13/h8-13H,4-7H2,1-3H3,(H,20,22). The maximum atomic E-state index is 12.4. The second-order valence-electron chi connectivity index (χ2n) is 6.11. The molecular formula is C19H24N2O4. The van der Waals surface area contributed by atoms with E-state index in [-0.39, 0.29) is 11.9 Å². The van der Waals surface area contributed by atoms with Gasteiger partial charge in [0.15, 0.2) is 23.1 Å². The smallest absolute Gasteiger partial charge is 0.273 e. The lowest BCUT2D eigenvalue weighted by Gasteiger charge is -2.17. The van der Waals surface area contributed by atoms with Crippen molar-refractivity contribution in [3.8, 4) is 11.5 Å². The molecule has 1 heterocycles. The van der Waals surface area contributed by atoms with E-state index < -0.39 is 0 Å². The van der Waals surface area contributed by atoms with Gasteiger partial charge in [-0.15, -0.1) is 0 Å². The summed E-state index contributed by atoms with van der Waals surface area (Å²) < 4.78 is 16.6. The van der Waals surface area contributed by atoms with Gasteiger partial charge in [-0.05, 0) is 51.3 Å². The number of hydrogen-bond acceptors (Lipinski definition) is 5. The van der Waals surface area contributed by atoms with E-state index in [1.807, 2.05) is 39.0 Å². The topological polar surface area (TPSA) is 73.6 Å². The molecule has 1 saturated carbocycles. The minimum absolute atomic E-state index is 0.191. The summed E-state index contributed by atoms with van der Waals surface area (Å²) in [5, 5.41) is 2.95. The van der Waals surface area contributed by atoms with E-state index in [0.29, 0.717) is 42.2 Å². The van der Waals surface area contributed by atoms with Gasteiger partial charge in [-0.2, -0.15) is 0 Å². The van der Waals surface area contributed by atoms with Gasteiger partial charge in [-0.1, -0.05) is 6.07 Å². The Morgan fingerprint density at radius 1 is 1.28 bits per heavy atom. The Bertz CT molecular complexity index is 737. The van der Waals surface area contributed by atoms with E-state index in [0.717, 1.165) is 18.4 Å². The lowest BCUT2D eigenvalue weighted by atomic mass is 10.1. The Labute approximate surface area is 147 Å². The van der Waals surface area contributed by atoms with Gasteiger partial charge in [0.2, 0.25) is 0 Å². The molecule has 25 heavy (non-hydrogen) atoms. The van der Waals surface area contributed by atoms with Crippen molar-refractivity contribution in [3.63, 3.8) is 0 Å². The maximum Gasteiger partial charge on any atom is 0.273 e. The number of carbonyl (C=O) groups is 1. The summed E-state index contributed by atoms with van der Waals surface area (Å²) in [6, 6.07) is 5.51. The summed E-state index contributed by atoms with van der Waals surface area (Å²) in [6.45, 7) is 6.90. The molecule has 1 fully saturated rings. The van der Waals surface area contributed by atoms with Gasteiger partial charge < -0.3 is 19.2 Å². The maximum absolute atomic E-state index is 12.4. The van der Waals surface area contributed by atoms with Gasteiger partial charge in [0.05, 0.1) is 19.3 Å². The zero-order valence-electron chi connectivity index (χ0n) is 14.9. The molecule has 2 aromatic rings. The highest BCUT2D eigenvalue weighted by molar-refractivity contribution is 5.92. The molecule has 1 aliphatic rings. The van der Waals surface area contributed by atoms with Gasteiger partial charge >= 0.3 is 0 Å². The van der Waals surface area contributed by atoms with Gasteiger partial charge in [0.25, 0.3) is 5.91 Å². The monoisotopic (exact) mass is 344 g/mol. The van der Waals surface area contributed by atoms with Crippen LogP contribution in [0, 0.1) is 0 Å². The molecule has 134 valence electrons. The summed E-state index contributed by atoms with van der Waals surface area (Å²) in [4.78, 5) is 16.7. The lowest BCUT2D eigenvalue weighted by molar-refractivity contribution is 0.0934. The molecular weight excluding hydrogens is 320 g/mol. The average molecular weight is 344 g/mol. The van der Waals surface area contributed by atoms with Crippen LogP contribution < -0.4 is 14.8 Å². The van der Waals surface area contributed by atoms with Crippen molar-refractivity contribution in [2.75, 3.05) is 13.2 Å². The van der Waals surface area contributed by atoms with E-state index in [1.54, 1.807) is 0 Å². The average Bonchev–Trinajstić information content (AvgIpc) is 3.33. The van der Waals surface area contributed by atoms with Crippen LogP contribution in [0.5, 0.6) is 11.5 Å². The van der Waals surface area contributed by atoms with Crippen molar-refractivity contribution < 1.29 is 18.7 Å². The number of hydrogen-bond donors (Lipinski definition) is 1. The van der Waals surface area contributed by atoms with Crippen LogP contribution in [-0.4, -0.2) is 24.1 Å². The third-order valence-electron chi connectivity index (χ3n) is 4.10. The predicted molar refractivity (Wildman–Crippen MR) is 93.1 cm³/mol. The summed E-state index contributed by atoms with van der Waals surface area (Å²) in [5.74, 6) is 2.20. The minimum Gasteiger partial charge on any atom is -0.490 e. The largest absolute Gasteiger partial charge is 0.490 e. The molecule has 0 bridgehead atoms. The van der Waals surface area contributed by atoms with Crippen LogP contribution in [0.15, 0.2) is 28.9 Å². The fraction of sp³-hybridized carbons (Fsp3) is 0.474. The third-order valence-corrected chi connectivity index (χ3v) is 4.10. The molecule has 1 aliphatic carbocycles. The molecule has 0 aliphatic heterocycles. The Hall–Kier alpha value is -2.50. The lowest BCUT2D eigenvalue weighted by Crippen LogP contribution is -2.27. The Kier molecular flexibility index (Phi) is 5.26. The van der Waals surface area contributed by atoms with E-state index in [1.165, 1.54) is 6.26 Å². The van der Waals surface area contributed by atoms with Crippen molar-refractivity contribution in [1.29, 1.82) is 0 Å².